The van der Waals surface area contributed by atoms with Crippen LogP contribution in [0.5, 0.6) is 11.5 Å². The number of fused-ring (bicyclic) bond motifs is 1. The van der Waals surface area contributed by atoms with E-state index in [9.17, 15) is 18.8 Å². The van der Waals surface area contributed by atoms with Gasteiger partial charge in [0, 0.05) is 5.56 Å². The summed E-state index contributed by atoms with van der Waals surface area (Å²) in [6.45, 7) is 4.07. The molecule has 1 atom stereocenters. The van der Waals surface area contributed by atoms with Crippen LogP contribution >= 0.6 is 27.3 Å². The molecule has 12 heteroatoms. The van der Waals surface area contributed by atoms with Crippen molar-refractivity contribution < 1.29 is 32.9 Å². The van der Waals surface area contributed by atoms with Gasteiger partial charge < -0.3 is 18.9 Å². The van der Waals surface area contributed by atoms with Gasteiger partial charge in [-0.2, -0.15) is 0 Å². The van der Waals surface area contributed by atoms with Gasteiger partial charge in [-0.1, -0.05) is 65.9 Å². The maximum absolute atomic E-state index is 14.2. The van der Waals surface area contributed by atoms with E-state index in [4.69, 9.17) is 23.9 Å². The Morgan fingerprint density at radius 3 is 2.29 bits per heavy atom. The fraction of sp³-hybridized carbons (Fsp3) is 0.179. The van der Waals surface area contributed by atoms with Crippen LogP contribution in [-0.2, 0) is 20.9 Å². The zero-order chi connectivity index (χ0) is 36.1. The molecule has 5 aromatic rings. The van der Waals surface area contributed by atoms with Gasteiger partial charge in [-0.15, -0.1) is 0 Å². The van der Waals surface area contributed by atoms with E-state index < -0.39 is 17.8 Å². The molecule has 0 N–H and O–H groups in total. The molecule has 9 nitrogen and oxygen atoms in total. The Morgan fingerprint density at radius 1 is 0.941 bits per heavy atom. The third-order valence-corrected chi connectivity index (χ3v) is 9.53. The normalized spacial score (nSPS) is 14.1. The smallest absolute Gasteiger partial charge is 0.338 e. The number of carbonyl (C=O) groups excluding carboxylic acids is 2. The van der Waals surface area contributed by atoms with E-state index in [1.54, 1.807) is 68.5 Å². The number of thiazole rings is 1. The molecule has 0 saturated carbocycles. The van der Waals surface area contributed by atoms with E-state index in [0.717, 1.165) is 5.56 Å². The zero-order valence-corrected chi connectivity index (χ0v) is 30.3. The van der Waals surface area contributed by atoms with Gasteiger partial charge in [-0.25, -0.2) is 19.0 Å². The van der Waals surface area contributed by atoms with Crippen LogP contribution in [0, 0.1) is 5.82 Å². The maximum Gasteiger partial charge on any atom is 0.338 e. The number of methoxy groups -OCH3 is 1. The summed E-state index contributed by atoms with van der Waals surface area (Å²) in [6.07, 6.45) is 1.72. The van der Waals surface area contributed by atoms with Crippen molar-refractivity contribution in [3.63, 3.8) is 0 Å². The first-order valence-corrected chi connectivity index (χ1v) is 17.6. The number of hydrogen-bond donors (Lipinski definition) is 0. The van der Waals surface area contributed by atoms with Crippen LogP contribution in [0.3, 0.4) is 0 Å². The van der Waals surface area contributed by atoms with Crippen LogP contribution in [0.4, 0.5) is 4.39 Å². The monoisotopic (exact) mass is 770 g/mol. The van der Waals surface area contributed by atoms with Gasteiger partial charge >= 0.3 is 11.9 Å². The quantitative estimate of drug-likeness (QED) is 0.140. The minimum absolute atomic E-state index is 0.114. The highest BCUT2D eigenvalue weighted by Gasteiger charge is 2.35. The number of esters is 2. The number of nitrogens with zero attached hydrogens (tertiary/aromatic N) is 2. The summed E-state index contributed by atoms with van der Waals surface area (Å²) in [7, 11) is 1.52. The first kappa shape index (κ1) is 35.5. The molecule has 6 rings (SSSR count). The third-order valence-electron chi connectivity index (χ3n) is 7.96. The highest BCUT2D eigenvalue weighted by atomic mass is 79.9. The van der Waals surface area contributed by atoms with Crippen LogP contribution in [-0.4, -0.2) is 36.8 Å². The lowest BCUT2D eigenvalue weighted by Gasteiger charge is -2.25. The van der Waals surface area contributed by atoms with Gasteiger partial charge in [0.15, 0.2) is 16.3 Å². The number of carbonyl (C=O) groups is 2. The van der Waals surface area contributed by atoms with Crippen molar-refractivity contribution in [2.24, 2.45) is 4.99 Å². The Morgan fingerprint density at radius 2 is 1.63 bits per heavy atom. The molecule has 0 saturated heterocycles. The molecule has 4 aromatic carbocycles. The first-order chi connectivity index (χ1) is 24.7. The van der Waals surface area contributed by atoms with Gasteiger partial charge in [-0.05, 0) is 88.9 Å². The van der Waals surface area contributed by atoms with Crippen molar-refractivity contribution in [3.8, 4) is 11.5 Å². The highest BCUT2D eigenvalue weighted by molar-refractivity contribution is 9.10. The van der Waals surface area contributed by atoms with Gasteiger partial charge in [-0.3, -0.25) is 9.36 Å². The van der Waals surface area contributed by atoms with Gasteiger partial charge in [0.1, 0.15) is 12.4 Å². The highest BCUT2D eigenvalue weighted by Crippen LogP contribution is 2.38. The molecule has 260 valence electrons. The molecular formula is C39H32BrFN2O7S. The van der Waals surface area contributed by atoms with Crippen molar-refractivity contribution in [2.45, 2.75) is 26.5 Å². The second kappa shape index (κ2) is 15.7. The number of halogens is 2. The molecule has 2 heterocycles. The molecule has 0 amide bonds. The topological polar surface area (TPSA) is 105 Å². The second-order valence-corrected chi connectivity index (χ2v) is 13.1. The number of ether oxygens (including phenoxy) is 4. The summed E-state index contributed by atoms with van der Waals surface area (Å²) < 4.78 is 38.8. The molecule has 0 radical (unpaired) electrons. The first-order valence-electron chi connectivity index (χ1n) is 16.0. The minimum atomic E-state index is -0.929. The number of aromatic nitrogens is 1. The second-order valence-electron chi connectivity index (χ2n) is 11.2. The SMILES string of the molecule is CCOC(=O)C1=C(c2ccccc2)N=c2s/c(=C\c3cc(Br)c(OCc4ccc(C(=O)OCC)cc4)c(OC)c3)c(=O)n2[C@H]1c1ccc(F)cc1. The Balaban J connectivity index is 1.41. The Bertz CT molecular complexity index is 2300. The molecule has 51 heavy (non-hydrogen) atoms. The average molecular weight is 772 g/mol. The third kappa shape index (κ3) is 7.57. The molecule has 1 aliphatic heterocycles. The fourth-order valence-corrected chi connectivity index (χ4v) is 7.20. The van der Waals surface area contributed by atoms with E-state index in [2.05, 4.69) is 15.9 Å². The van der Waals surface area contributed by atoms with Crippen molar-refractivity contribution >= 4 is 51.0 Å². The van der Waals surface area contributed by atoms with E-state index in [0.29, 0.717) is 59.9 Å². The standard InChI is InChI=1S/C39H32BrFN2O7S/c1-4-48-37(45)27-13-11-23(12-14-27)22-50-35-29(40)19-24(20-30(35)47-3)21-31-36(44)43-34(26-15-17-28(41)18-16-26)32(38(46)49-5-2)33(42-39(43)51-31)25-9-7-6-8-10-25/h6-21,34H,4-5,22H2,1-3H3/b31-21-/t34-/m0/s1. The lowest BCUT2D eigenvalue weighted by molar-refractivity contribution is -0.138. The van der Waals surface area contributed by atoms with Crippen molar-refractivity contribution in [2.75, 3.05) is 20.3 Å². The Labute approximate surface area is 305 Å². The summed E-state index contributed by atoms with van der Waals surface area (Å²) in [5, 5.41) is 0. The summed E-state index contributed by atoms with van der Waals surface area (Å²) >= 11 is 4.76. The predicted molar refractivity (Wildman–Crippen MR) is 195 cm³/mol. The molecule has 0 spiro atoms. The van der Waals surface area contributed by atoms with Crippen LogP contribution in [0.2, 0.25) is 0 Å². The summed E-state index contributed by atoms with van der Waals surface area (Å²) in [5.41, 5.74) is 3.28. The van der Waals surface area contributed by atoms with E-state index in [1.165, 1.54) is 35.1 Å². The van der Waals surface area contributed by atoms with Crippen molar-refractivity contribution in [1.82, 2.24) is 4.57 Å². The molecule has 1 aromatic heterocycles. The summed E-state index contributed by atoms with van der Waals surface area (Å²) in [6, 6.07) is 24.5. The zero-order valence-electron chi connectivity index (χ0n) is 27.9. The fourth-order valence-electron chi connectivity index (χ4n) is 5.62. The Hall–Kier alpha value is -5.33. The van der Waals surface area contributed by atoms with E-state index in [-0.39, 0.29) is 30.3 Å². The summed E-state index contributed by atoms with van der Waals surface area (Å²) in [4.78, 5) is 45.1. The van der Waals surface area contributed by atoms with Crippen LogP contribution < -0.4 is 24.4 Å². The van der Waals surface area contributed by atoms with Crippen molar-refractivity contribution in [1.29, 1.82) is 0 Å². The molecule has 0 fully saturated rings. The summed E-state index contributed by atoms with van der Waals surface area (Å²) in [5.74, 6) is -0.586. The van der Waals surface area contributed by atoms with Crippen LogP contribution in [0.1, 0.15) is 52.5 Å². The molecule has 1 aliphatic rings. The molecular weight excluding hydrogens is 739 g/mol. The predicted octanol–water partition coefficient (Wildman–Crippen LogP) is 6.60. The lowest BCUT2D eigenvalue weighted by atomic mass is 9.93. The van der Waals surface area contributed by atoms with E-state index >= 15 is 0 Å². The molecule has 0 unspecified atom stereocenters. The van der Waals surface area contributed by atoms with Gasteiger partial charge in [0.05, 0.1) is 52.2 Å². The van der Waals surface area contributed by atoms with Crippen LogP contribution in [0.25, 0.3) is 11.8 Å². The van der Waals surface area contributed by atoms with Gasteiger partial charge in [0.25, 0.3) is 5.56 Å². The van der Waals surface area contributed by atoms with Gasteiger partial charge in [0.2, 0.25) is 0 Å². The lowest BCUT2D eigenvalue weighted by Crippen LogP contribution is -2.40. The molecule has 0 aliphatic carbocycles. The average Bonchev–Trinajstić information content (AvgIpc) is 3.45. The number of hydrogen-bond acceptors (Lipinski definition) is 9. The van der Waals surface area contributed by atoms with Crippen LogP contribution in [0.15, 0.2) is 111 Å². The maximum atomic E-state index is 14.2. The van der Waals surface area contributed by atoms with E-state index in [1.807, 2.05) is 30.3 Å². The molecule has 0 bridgehead atoms. The minimum Gasteiger partial charge on any atom is -0.493 e. The Kier molecular flexibility index (Phi) is 10.9. The number of benzene rings is 4. The largest absolute Gasteiger partial charge is 0.493 e. The number of rotatable bonds is 11. The van der Waals surface area contributed by atoms with Crippen molar-refractivity contribution in [3.05, 3.63) is 154 Å².